The Morgan fingerprint density at radius 1 is 1.56 bits per heavy atom. The Morgan fingerprint density at radius 2 is 2.39 bits per heavy atom. The molecular formula is C12H11N3O2S. The molecule has 0 saturated heterocycles. The third kappa shape index (κ3) is 2.83. The fraction of sp³-hybridized carbons (Fsp3) is 0.250. The average molecular weight is 261 g/mol. The van der Waals surface area contributed by atoms with Crippen LogP contribution in [0.4, 0.5) is 0 Å². The van der Waals surface area contributed by atoms with Gasteiger partial charge in [0.2, 0.25) is 0 Å². The van der Waals surface area contributed by atoms with Gasteiger partial charge in [0.05, 0.1) is 10.2 Å². The van der Waals surface area contributed by atoms with Gasteiger partial charge < -0.3 is 10.5 Å². The molecule has 1 heterocycles. The smallest absolute Gasteiger partial charge is 0.311 e. The summed E-state index contributed by atoms with van der Waals surface area (Å²) in [6.07, 6.45) is 0.918. The molecule has 2 N–H and O–H groups in total. The van der Waals surface area contributed by atoms with Gasteiger partial charge in [0.1, 0.15) is 11.8 Å². The van der Waals surface area contributed by atoms with Crippen molar-refractivity contribution in [1.82, 2.24) is 4.98 Å². The van der Waals surface area contributed by atoms with Crippen molar-refractivity contribution >= 4 is 27.5 Å². The number of ether oxygens (including phenoxy) is 1. The van der Waals surface area contributed by atoms with E-state index in [1.807, 2.05) is 6.07 Å². The highest BCUT2D eigenvalue weighted by atomic mass is 32.1. The van der Waals surface area contributed by atoms with E-state index in [4.69, 9.17) is 15.7 Å². The van der Waals surface area contributed by atoms with Gasteiger partial charge in [0.25, 0.3) is 0 Å². The van der Waals surface area contributed by atoms with Crippen molar-refractivity contribution in [2.45, 2.75) is 12.8 Å². The van der Waals surface area contributed by atoms with Gasteiger partial charge in [-0.1, -0.05) is 0 Å². The van der Waals surface area contributed by atoms with Crippen LogP contribution in [-0.4, -0.2) is 17.5 Å². The van der Waals surface area contributed by atoms with Gasteiger partial charge in [-0.2, -0.15) is 5.26 Å². The molecular weight excluding hydrogens is 250 g/mol. The fourth-order valence-corrected chi connectivity index (χ4v) is 2.24. The summed E-state index contributed by atoms with van der Waals surface area (Å²) < 4.78 is 6.00. The number of esters is 1. The Morgan fingerprint density at radius 3 is 3.11 bits per heavy atom. The minimum absolute atomic E-state index is 0.301. The molecule has 0 unspecified atom stereocenters. The van der Waals surface area contributed by atoms with E-state index in [2.05, 4.69) is 4.98 Å². The highest BCUT2D eigenvalue weighted by Gasteiger charge is 2.07. The number of benzene rings is 1. The predicted octanol–water partition coefficient (Wildman–Crippen LogP) is 1.81. The van der Waals surface area contributed by atoms with Crippen molar-refractivity contribution in [3.05, 3.63) is 23.2 Å². The van der Waals surface area contributed by atoms with Crippen LogP contribution in [0.3, 0.4) is 0 Å². The molecule has 0 bridgehead atoms. The predicted molar refractivity (Wildman–Crippen MR) is 68.3 cm³/mol. The zero-order valence-electron chi connectivity index (χ0n) is 9.55. The van der Waals surface area contributed by atoms with Crippen LogP contribution in [0.25, 0.3) is 10.2 Å². The van der Waals surface area contributed by atoms with E-state index in [0.717, 1.165) is 10.2 Å². The molecule has 5 nitrogen and oxygen atoms in total. The lowest BCUT2D eigenvalue weighted by Crippen LogP contribution is -2.10. The number of hydrogen-bond donors (Lipinski definition) is 1. The first-order valence-corrected chi connectivity index (χ1v) is 6.26. The number of thiazole rings is 1. The Hall–Kier alpha value is -1.97. The van der Waals surface area contributed by atoms with Gasteiger partial charge >= 0.3 is 5.97 Å². The number of nitrogens with zero attached hydrogens (tertiary/aromatic N) is 2. The van der Waals surface area contributed by atoms with Crippen LogP contribution in [0.15, 0.2) is 18.2 Å². The van der Waals surface area contributed by atoms with Gasteiger partial charge in [-0.3, -0.25) is 4.79 Å². The van der Waals surface area contributed by atoms with E-state index in [0.29, 0.717) is 30.1 Å². The van der Waals surface area contributed by atoms with Crippen molar-refractivity contribution in [3.8, 4) is 11.8 Å². The summed E-state index contributed by atoms with van der Waals surface area (Å²) in [5, 5.41) is 9.15. The van der Waals surface area contributed by atoms with E-state index in [-0.39, 0.29) is 5.97 Å². The molecule has 0 saturated carbocycles. The maximum atomic E-state index is 11.4. The second-order valence-electron chi connectivity index (χ2n) is 3.63. The summed E-state index contributed by atoms with van der Waals surface area (Å²) in [4.78, 5) is 15.5. The number of fused-ring (bicyclic) bond motifs is 1. The largest absolute Gasteiger partial charge is 0.426 e. The van der Waals surface area contributed by atoms with Crippen LogP contribution in [0, 0.1) is 11.3 Å². The number of nitrogens with two attached hydrogens (primary N) is 1. The molecule has 0 spiro atoms. The van der Waals surface area contributed by atoms with E-state index in [1.54, 1.807) is 18.2 Å². The van der Waals surface area contributed by atoms with Crippen LogP contribution in [0.5, 0.6) is 5.75 Å². The second kappa shape index (κ2) is 5.58. The first-order chi connectivity index (χ1) is 8.72. The van der Waals surface area contributed by atoms with E-state index in [9.17, 15) is 4.79 Å². The summed E-state index contributed by atoms with van der Waals surface area (Å²) in [6.45, 7) is 0.467. The lowest BCUT2D eigenvalue weighted by Gasteiger charge is -2.03. The normalized spacial score (nSPS) is 10.2. The molecule has 18 heavy (non-hydrogen) atoms. The minimum Gasteiger partial charge on any atom is -0.426 e. The Bertz CT molecular complexity index is 615. The standard InChI is InChI=1S/C12H11N3O2S/c13-5-1-2-12(16)17-8-3-4-9-10(6-8)18-11(7-14)15-9/h3-4,6H,1-2,5,13H2. The number of carbonyl (C=O) groups is 1. The quantitative estimate of drug-likeness (QED) is 0.669. The molecule has 1 aromatic heterocycles. The summed E-state index contributed by atoms with van der Waals surface area (Å²) in [6, 6.07) is 7.11. The summed E-state index contributed by atoms with van der Waals surface area (Å²) in [5.74, 6) is 0.169. The molecule has 0 aliphatic carbocycles. The van der Waals surface area contributed by atoms with E-state index >= 15 is 0 Å². The zero-order valence-corrected chi connectivity index (χ0v) is 10.4. The van der Waals surface area contributed by atoms with Crippen LogP contribution in [0.2, 0.25) is 0 Å². The second-order valence-corrected chi connectivity index (χ2v) is 4.66. The van der Waals surface area contributed by atoms with Crippen molar-refractivity contribution in [2.75, 3.05) is 6.54 Å². The molecule has 0 atom stereocenters. The maximum Gasteiger partial charge on any atom is 0.311 e. The number of aromatic nitrogens is 1. The highest BCUT2D eigenvalue weighted by molar-refractivity contribution is 7.19. The number of hydrogen-bond acceptors (Lipinski definition) is 6. The lowest BCUT2D eigenvalue weighted by atomic mass is 10.3. The summed E-state index contributed by atoms with van der Waals surface area (Å²) in [7, 11) is 0. The Kier molecular flexibility index (Phi) is 3.87. The molecule has 0 radical (unpaired) electrons. The molecule has 0 aliphatic heterocycles. The summed E-state index contributed by atoms with van der Waals surface area (Å²) in [5.41, 5.74) is 6.05. The van der Waals surface area contributed by atoms with Crippen LogP contribution >= 0.6 is 11.3 Å². The Labute approximate surface area is 108 Å². The molecule has 1 aromatic carbocycles. The van der Waals surface area contributed by atoms with Crippen molar-refractivity contribution < 1.29 is 9.53 Å². The van der Waals surface area contributed by atoms with E-state index in [1.165, 1.54) is 11.3 Å². The van der Waals surface area contributed by atoms with Crippen molar-refractivity contribution in [3.63, 3.8) is 0 Å². The number of carbonyl (C=O) groups excluding carboxylic acids is 1. The third-order valence-electron chi connectivity index (χ3n) is 2.27. The van der Waals surface area contributed by atoms with Gasteiger partial charge in [0, 0.05) is 12.5 Å². The van der Waals surface area contributed by atoms with Crippen molar-refractivity contribution in [2.24, 2.45) is 5.73 Å². The molecule has 0 amide bonds. The molecule has 0 aliphatic rings. The van der Waals surface area contributed by atoms with Gasteiger partial charge in [-0.15, -0.1) is 11.3 Å². The SMILES string of the molecule is N#Cc1nc2ccc(OC(=O)CCCN)cc2s1. The van der Waals surface area contributed by atoms with Gasteiger partial charge in [-0.05, 0) is 25.1 Å². The number of nitriles is 1. The topological polar surface area (TPSA) is 89.0 Å². The van der Waals surface area contributed by atoms with Crippen LogP contribution in [0.1, 0.15) is 17.8 Å². The minimum atomic E-state index is -0.301. The van der Waals surface area contributed by atoms with Crippen LogP contribution in [-0.2, 0) is 4.79 Å². The fourth-order valence-electron chi connectivity index (χ4n) is 1.45. The molecule has 2 rings (SSSR count). The maximum absolute atomic E-state index is 11.4. The van der Waals surface area contributed by atoms with E-state index < -0.39 is 0 Å². The molecule has 2 aromatic rings. The first-order valence-electron chi connectivity index (χ1n) is 5.44. The average Bonchev–Trinajstić information content (AvgIpc) is 2.78. The van der Waals surface area contributed by atoms with Crippen molar-refractivity contribution in [1.29, 1.82) is 5.26 Å². The molecule has 6 heteroatoms. The molecule has 92 valence electrons. The summed E-state index contributed by atoms with van der Waals surface area (Å²) >= 11 is 1.27. The lowest BCUT2D eigenvalue weighted by molar-refractivity contribution is -0.134. The number of rotatable bonds is 4. The van der Waals surface area contributed by atoms with Gasteiger partial charge in [-0.25, -0.2) is 4.98 Å². The Balaban J connectivity index is 2.15. The third-order valence-corrected chi connectivity index (χ3v) is 3.20. The first kappa shape index (κ1) is 12.5. The van der Waals surface area contributed by atoms with Gasteiger partial charge in [0.15, 0.2) is 5.01 Å². The van der Waals surface area contributed by atoms with Crippen LogP contribution < -0.4 is 10.5 Å². The molecule has 0 fully saturated rings. The highest BCUT2D eigenvalue weighted by Crippen LogP contribution is 2.26. The zero-order chi connectivity index (χ0) is 13.0. The monoisotopic (exact) mass is 261 g/mol.